The van der Waals surface area contributed by atoms with E-state index >= 15 is 0 Å². The molecule has 4 rings (SSSR count). The molecule has 30 heavy (non-hydrogen) atoms. The summed E-state index contributed by atoms with van der Waals surface area (Å²) in [6, 6.07) is 13.3. The molecule has 1 aromatic heterocycles. The number of imide groups is 1. The molecule has 0 unspecified atom stereocenters. The summed E-state index contributed by atoms with van der Waals surface area (Å²) in [4.78, 5) is 26.1. The van der Waals surface area contributed by atoms with Gasteiger partial charge in [-0.2, -0.15) is 0 Å². The maximum atomic E-state index is 14.3. The normalized spacial score (nSPS) is 15.2. The first-order valence-corrected chi connectivity index (χ1v) is 9.38. The number of rotatable bonds is 4. The monoisotopic (exact) mass is 407 g/mol. The fraction of sp³-hybridized carbons (Fsp3) is 0.130. The zero-order valence-corrected chi connectivity index (χ0v) is 16.4. The molecule has 1 aliphatic rings. The predicted molar refractivity (Wildman–Crippen MR) is 109 cm³/mol. The van der Waals surface area contributed by atoms with Crippen LogP contribution in [0.1, 0.15) is 22.5 Å². The van der Waals surface area contributed by atoms with Crippen LogP contribution in [0.15, 0.2) is 60.3 Å². The van der Waals surface area contributed by atoms with Crippen molar-refractivity contribution in [1.29, 1.82) is 0 Å². The Morgan fingerprint density at radius 1 is 1.00 bits per heavy atom. The largest absolute Gasteiger partial charge is 0.329 e. The minimum atomic E-state index is -0.543. The minimum absolute atomic E-state index is 0.0382. The number of hydrogen-bond acceptors (Lipinski definition) is 2. The fourth-order valence-corrected chi connectivity index (χ4v) is 3.58. The lowest BCUT2D eigenvalue weighted by Gasteiger charge is -2.11. The molecule has 0 atom stereocenters. The fourth-order valence-electron chi connectivity index (χ4n) is 3.58. The van der Waals surface area contributed by atoms with Crippen molar-refractivity contribution in [1.82, 2.24) is 14.8 Å². The number of halogens is 2. The first-order valence-electron chi connectivity index (χ1n) is 9.38. The van der Waals surface area contributed by atoms with Gasteiger partial charge in [0.15, 0.2) is 0 Å². The number of carbonyl (C=O) groups is 2. The van der Waals surface area contributed by atoms with Gasteiger partial charge in [-0.25, -0.2) is 13.6 Å². The first-order chi connectivity index (χ1) is 14.3. The number of hydrogen-bond donors (Lipinski definition) is 1. The Kier molecular flexibility index (Phi) is 4.95. The van der Waals surface area contributed by atoms with E-state index < -0.39 is 11.9 Å². The van der Waals surface area contributed by atoms with Crippen molar-refractivity contribution in [2.45, 2.75) is 20.4 Å². The first kappa shape index (κ1) is 19.6. The average Bonchev–Trinajstić information content (AvgIpc) is 3.14. The molecule has 0 saturated carbocycles. The second-order valence-electron chi connectivity index (χ2n) is 7.12. The molecule has 1 aliphatic heterocycles. The van der Waals surface area contributed by atoms with Crippen molar-refractivity contribution in [3.63, 3.8) is 0 Å². The summed E-state index contributed by atoms with van der Waals surface area (Å²) in [5.41, 5.74) is 3.42. The lowest BCUT2D eigenvalue weighted by molar-refractivity contribution is -0.123. The Balaban J connectivity index is 1.63. The molecule has 3 aromatic rings. The second kappa shape index (κ2) is 7.59. The summed E-state index contributed by atoms with van der Waals surface area (Å²) in [7, 11) is 0. The Bertz CT molecular complexity index is 1180. The van der Waals surface area contributed by atoms with Gasteiger partial charge < -0.3 is 9.88 Å². The van der Waals surface area contributed by atoms with E-state index in [2.05, 4.69) is 5.32 Å². The Morgan fingerprint density at radius 2 is 1.70 bits per heavy atom. The number of aromatic nitrogens is 1. The lowest BCUT2D eigenvalue weighted by atomic mass is 10.2. The van der Waals surface area contributed by atoms with E-state index in [1.54, 1.807) is 28.8 Å². The molecule has 0 aliphatic carbocycles. The van der Waals surface area contributed by atoms with Crippen LogP contribution in [0.4, 0.5) is 13.6 Å². The smallest absolute Gasteiger partial charge is 0.315 e. The van der Waals surface area contributed by atoms with E-state index in [0.717, 1.165) is 16.3 Å². The van der Waals surface area contributed by atoms with Crippen LogP contribution in [0.3, 0.4) is 0 Å². The molecule has 2 aromatic carbocycles. The van der Waals surface area contributed by atoms with Gasteiger partial charge in [-0.3, -0.25) is 9.69 Å². The quantitative estimate of drug-likeness (QED) is 0.513. The third-order valence-corrected chi connectivity index (χ3v) is 5.08. The molecular weight excluding hydrogens is 388 g/mol. The zero-order valence-electron chi connectivity index (χ0n) is 16.4. The van der Waals surface area contributed by atoms with E-state index in [1.165, 1.54) is 30.3 Å². The summed E-state index contributed by atoms with van der Waals surface area (Å²) in [6.07, 6.45) is 1.59. The van der Waals surface area contributed by atoms with E-state index in [4.69, 9.17) is 0 Å². The number of aryl methyl sites for hydroxylation is 1. The van der Waals surface area contributed by atoms with Gasteiger partial charge in [0.05, 0.1) is 12.2 Å². The molecule has 1 N–H and O–H groups in total. The van der Waals surface area contributed by atoms with Gasteiger partial charge in [-0.1, -0.05) is 24.3 Å². The van der Waals surface area contributed by atoms with Gasteiger partial charge in [0, 0.05) is 11.4 Å². The molecule has 3 amide bonds. The van der Waals surface area contributed by atoms with Crippen LogP contribution in [0.2, 0.25) is 0 Å². The Hall–Kier alpha value is -3.74. The number of nitrogens with zero attached hydrogens (tertiary/aromatic N) is 2. The van der Waals surface area contributed by atoms with Gasteiger partial charge >= 0.3 is 6.03 Å². The Morgan fingerprint density at radius 3 is 2.40 bits per heavy atom. The van der Waals surface area contributed by atoms with Crippen LogP contribution in [0.25, 0.3) is 11.8 Å². The Labute approximate surface area is 172 Å². The van der Waals surface area contributed by atoms with Crippen molar-refractivity contribution in [3.05, 3.63) is 94.4 Å². The lowest BCUT2D eigenvalue weighted by Crippen LogP contribution is -2.30. The van der Waals surface area contributed by atoms with Crippen molar-refractivity contribution in [3.8, 4) is 5.69 Å². The van der Waals surface area contributed by atoms with Crippen molar-refractivity contribution in [2.24, 2.45) is 0 Å². The van der Waals surface area contributed by atoms with Gasteiger partial charge in [0.2, 0.25) is 0 Å². The number of amides is 3. The zero-order chi connectivity index (χ0) is 21.4. The maximum Gasteiger partial charge on any atom is 0.329 e. The minimum Gasteiger partial charge on any atom is -0.315 e. The molecule has 152 valence electrons. The molecule has 2 heterocycles. The third kappa shape index (κ3) is 3.50. The number of urea groups is 1. The van der Waals surface area contributed by atoms with Crippen molar-refractivity contribution >= 4 is 18.0 Å². The van der Waals surface area contributed by atoms with E-state index in [-0.39, 0.29) is 23.9 Å². The molecule has 0 bridgehead atoms. The average molecular weight is 407 g/mol. The van der Waals surface area contributed by atoms with Crippen LogP contribution in [-0.4, -0.2) is 21.4 Å². The van der Waals surface area contributed by atoms with E-state index in [0.29, 0.717) is 16.8 Å². The van der Waals surface area contributed by atoms with E-state index in [9.17, 15) is 18.4 Å². The highest BCUT2D eigenvalue weighted by Crippen LogP contribution is 2.25. The molecule has 5 nitrogen and oxygen atoms in total. The molecular formula is C23H19F2N3O2. The summed E-state index contributed by atoms with van der Waals surface area (Å²) < 4.78 is 29.1. The molecule has 7 heteroatoms. The van der Waals surface area contributed by atoms with Gasteiger partial charge in [-0.15, -0.1) is 0 Å². The highest BCUT2D eigenvalue weighted by atomic mass is 19.1. The SMILES string of the molecule is Cc1cc(/C=C2/NC(=O)N(Cc3ccc(F)cc3)C2=O)c(C)n1-c1ccccc1F. The molecule has 0 spiro atoms. The molecule has 1 fully saturated rings. The van der Waals surface area contributed by atoms with Crippen molar-refractivity contribution in [2.75, 3.05) is 0 Å². The van der Waals surface area contributed by atoms with Crippen LogP contribution in [0, 0.1) is 25.5 Å². The van der Waals surface area contributed by atoms with Gasteiger partial charge in [-0.05, 0) is 61.4 Å². The highest BCUT2D eigenvalue weighted by molar-refractivity contribution is 6.13. The molecule has 0 radical (unpaired) electrons. The van der Waals surface area contributed by atoms with Crippen molar-refractivity contribution < 1.29 is 18.4 Å². The number of nitrogens with one attached hydrogen (secondary N) is 1. The summed E-state index contributed by atoms with van der Waals surface area (Å²) >= 11 is 0. The standard InChI is InChI=1S/C23H19F2N3O2/c1-14-11-17(15(2)28(14)21-6-4-3-5-19(21)25)12-20-22(29)27(23(30)26-20)13-16-7-9-18(24)10-8-16/h3-12H,13H2,1-2H3,(H,26,30)/b20-12+. The van der Waals surface area contributed by atoms with Gasteiger partial charge in [0.1, 0.15) is 17.3 Å². The highest BCUT2D eigenvalue weighted by Gasteiger charge is 2.33. The number of carbonyl (C=O) groups excluding carboxylic acids is 2. The van der Waals surface area contributed by atoms with Crippen LogP contribution >= 0.6 is 0 Å². The summed E-state index contributed by atoms with van der Waals surface area (Å²) in [6.45, 7) is 3.71. The van der Waals surface area contributed by atoms with Crippen LogP contribution < -0.4 is 5.32 Å². The second-order valence-corrected chi connectivity index (χ2v) is 7.12. The predicted octanol–water partition coefficient (Wildman–Crippen LogP) is 4.47. The molecule has 1 saturated heterocycles. The van der Waals surface area contributed by atoms with E-state index in [1.807, 2.05) is 19.9 Å². The third-order valence-electron chi connectivity index (χ3n) is 5.08. The summed E-state index contributed by atoms with van der Waals surface area (Å²) in [5, 5.41) is 2.58. The van der Waals surface area contributed by atoms with Crippen LogP contribution in [-0.2, 0) is 11.3 Å². The van der Waals surface area contributed by atoms with Crippen LogP contribution in [0.5, 0.6) is 0 Å². The van der Waals surface area contributed by atoms with Gasteiger partial charge in [0.25, 0.3) is 5.91 Å². The topological polar surface area (TPSA) is 54.3 Å². The maximum absolute atomic E-state index is 14.3. The summed E-state index contributed by atoms with van der Waals surface area (Å²) in [5.74, 6) is -1.21. The number of benzene rings is 2. The number of para-hydroxylation sites is 1.